The van der Waals surface area contributed by atoms with Crippen LogP contribution in [0.3, 0.4) is 0 Å². The quantitative estimate of drug-likeness (QED) is 0.354. The summed E-state index contributed by atoms with van der Waals surface area (Å²) in [7, 11) is 0. The largest absolute Gasteiger partial charge is 0.477 e. The topological polar surface area (TPSA) is 131 Å². The predicted octanol–water partition coefficient (Wildman–Crippen LogP) is 1.46. The van der Waals surface area contributed by atoms with Crippen LogP contribution in [-0.4, -0.2) is 47.2 Å². The first-order valence-corrected chi connectivity index (χ1v) is 8.66. The van der Waals surface area contributed by atoms with Crippen molar-refractivity contribution in [3.63, 3.8) is 0 Å². The smallest absolute Gasteiger partial charge is 0.353 e. The first-order chi connectivity index (χ1) is 12.9. The highest BCUT2D eigenvalue weighted by molar-refractivity contribution is 8.03. The number of hydrogen-bond acceptors (Lipinski definition) is 7. The molecule has 2 aromatic rings. The fourth-order valence-electron chi connectivity index (χ4n) is 2.79. The second-order valence-corrected chi connectivity index (χ2v) is 6.79. The van der Waals surface area contributed by atoms with Gasteiger partial charge in [-0.1, -0.05) is 17.3 Å². The Labute approximate surface area is 155 Å². The summed E-state index contributed by atoms with van der Waals surface area (Å²) in [5.41, 5.74) is 1.75. The highest BCUT2D eigenvalue weighted by atomic mass is 32.2. The van der Waals surface area contributed by atoms with Gasteiger partial charge in [-0.3, -0.25) is 19.8 Å². The monoisotopic (exact) mass is 385 g/mol. The van der Waals surface area contributed by atoms with E-state index in [-0.39, 0.29) is 22.7 Å². The zero-order chi connectivity index (χ0) is 19.1. The molecular weight excluding hydrogens is 374 g/mol. The molecule has 0 radical (unpaired) electrons. The SMILES string of the molecule is O=C(O)C1=CS[C@@H]2/C(=C/c3cn(Cc4ccc([N+](=O)[O-])cc4)nn3)C(=O)N12. The van der Waals surface area contributed by atoms with Crippen molar-refractivity contribution < 1.29 is 19.6 Å². The third-order valence-electron chi connectivity index (χ3n) is 4.11. The number of amides is 1. The summed E-state index contributed by atoms with van der Waals surface area (Å²) < 4.78 is 1.55. The fraction of sp³-hybridized carbons (Fsp3) is 0.125. The molecule has 2 aliphatic rings. The molecule has 1 fully saturated rings. The van der Waals surface area contributed by atoms with Gasteiger partial charge in [0.15, 0.2) is 0 Å². The first-order valence-electron chi connectivity index (χ1n) is 7.71. The van der Waals surface area contributed by atoms with Gasteiger partial charge >= 0.3 is 5.97 Å². The van der Waals surface area contributed by atoms with E-state index in [2.05, 4.69) is 10.3 Å². The number of benzene rings is 1. The zero-order valence-electron chi connectivity index (χ0n) is 13.6. The van der Waals surface area contributed by atoms with Crippen LogP contribution in [0, 0.1) is 10.1 Å². The van der Waals surface area contributed by atoms with E-state index in [1.807, 2.05) is 0 Å². The molecule has 11 heteroatoms. The van der Waals surface area contributed by atoms with E-state index in [1.165, 1.54) is 34.2 Å². The lowest BCUT2D eigenvalue weighted by molar-refractivity contribution is -0.384. The van der Waals surface area contributed by atoms with Crippen molar-refractivity contribution in [1.29, 1.82) is 0 Å². The molecule has 2 aliphatic heterocycles. The summed E-state index contributed by atoms with van der Waals surface area (Å²) in [6, 6.07) is 6.11. The van der Waals surface area contributed by atoms with Crippen LogP contribution in [0.1, 0.15) is 11.3 Å². The van der Waals surface area contributed by atoms with Gasteiger partial charge in [-0.2, -0.15) is 0 Å². The maximum absolute atomic E-state index is 12.2. The third-order valence-corrected chi connectivity index (χ3v) is 5.19. The summed E-state index contributed by atoms with van der Waals surface area (Å²) in [6.45, 7) is 0.372. The van der Waals surface area contributed by atoms with E-state index >= 15 is 0 Å². The van der Waals surface area contributed by atoms with Gasteiger partial charge in [0.2, 0.25) is 0 Å². The molecule has 1 atom stereocenters. The minimum absolute atomic E-state index is 0.0132. The van der Waals surface area contributed by atoms with E-state index in [1.54, 1.807) is 29.1 Å². The number of carbonyl (C=O) groups is 2. The third kappa shape index (κ3) is 2.97. The van der Waals surface area contributed by atoms with Gasteiger partial charge in [-0.05, 0) is 11.6 Å². The fourth-order valence-corrected chi connectivity index (χ4v) is 3.91. The van der Waals surface area contributed by atoms with Crippen molar-refractivity contribution in [3.8, 4) is 0 Å². The van der Waals surface area contributed by atoms with Gasteiger partial charge in [0.05, 0.1) is 23.2 Å². The number of nitro groups is 1. The molecule has 1 N–H and O–H groups in total. The van der Waals surface area contributed by atoms with Crippen LogP contribution in [-0.2, 0) is 16.1 Å². The Bertz CT molecular complexity index is 1030. The van der Waals surface area contributed by atoms with E-state index < -0.39 is 10.9 Å². The Kier molecular flexibility index (Phi) is 4.00. The number of aliphatic carboxylic acids is 1. The standard InChI is InChI=1S/C16H11N5O5S/c22-14-12(15-20(14)13(8-27-15)16(23)24)5-10-7-19(18-17-10)6-9-1-3-11(4-2-9)21(25)26/h1-5,7-8,15H,6H2,(H,23,24)/b12-5+/t15-/m1/s1. The number of non-ortho nitro benzene ring substituents is 1. The number of carboxylic acids is 1. The Balaban J connectivity index is 1.46. The number of carbonyl (C=O) groups excluding carboxylic acids is 1. The van der Waals surface area contributed by atoms with Gasteiger partial charge in [-0.15, -0.1) is 16.9 Å². The maximum Gasteiger partial charge on any atom is 0.353 e. The molecule has 4 rings (SSSR count). The average molecular weight is 385 g/mol. The van der Waals surface area contributed by atoms with E-state index in [0.29, 0.717) is 17.8 Å². The molecule has 1 amide bonds. The number of nitrogens with zero attached hydrogens (tertiary/aromatic N) is 5. The second kappa shape index (κ2) is 6.36. The average Bonchev–Trinajstić information content (AvgIpc) is 3.24. The molecule has 10 nitrogen and oxygen atoms in total. The van der Waals surface area contributed by atoms with Crippen LogP contribution in [0.15, 0.2) is 47.1 Å². The molecule has 0 bridgehead atoms. The number of rotatable bonds is 5. The molecule has 136 valence electrons. The number of hydrogen-bond donors (Lipinski definition) is 1. The van der Waals surface area contributed by atoms with Crippen LogP contribution >= 0.6 is 11.8 Å². The van der Waals surface area contributed by atoms with Crippen molar-refractivity contribution in [2.45, 2.75) is 11.9 Å². The molecule has 0 spiro atoms. The van der Waals surface area contributed by atoms with Crippen molar-refractivity contribution in [2.75, 3.05) is 0 Å². The molecule has 3 heterocycles. The summed E-state index contributed by atoms with van der Waals surface area (Å²) >= 11 is 1.26. The number of aromatic nitrogens is 3. The number of nitro benzene ring substituents is 1. The molecule has 0 aliphatic carbocycles. The van der Waals surface area contributed by atoms with Crippen LogP contribution in [0.2, 0.25) is 0 Å². The van der Waals surface area contributed by atoms with Gasteiger partial charge in [0.25, 0.3) is 11.6 Å². The van der Waals surface area contributed by atoms with Crippen LogP contribution in [0.25, 0.3) is 6.08 Å². The molecule has 1 aromatic carbocycles. The Morgan fingerprint density at radius 3 is 2.78 bits per heavy atom. The molecule has 27 heavy (non-hydrogen) atoms. The number of carboxylic acid groups (broad SMARTS) is 1. The normalized spacial score (nSPS) is 19.6. The lowest BCUT2D eigenvalue weighted by atomic mass is 10.0. The van der Waals surface area contributed by atoms with Crippen LogP contribution in [0.4, 0.5) is 5.69 Å². The Hall–Kier alpha value is -3.47. The van der Waals surface area contributed by atoms with E-state index in [9.17, 15) is 19.7 Å². The lowest BCUT2D eigenvalue weighted by Gasteiger charge is -2.36. The highest BCUT2D eigenvalue weighted by Gasteiger charge is 2.49. The molecular formula is C16H11N5O5S. The number of thioether (sulfide) groups is 1. The van der Waals surface area contributed by atoms with Gasteiger partial charge in [0, 0.05) is 17.5 Å². The summed E-state index contributed by atoms with van der Waals surface area (Å²) in [6.07, 6.45) is 3.24. The first kappa shape index (κ1) is 17.0. The molecule has 0 saturated carbocycles. The maximum atomic E-state index is 12.2. The minimum atomic E-state index is -1.13. The van der Waals surface area contributed by atoms with Crippen LogP contribution in [0.5, 0.6) is 0 Å². The van der Waals surface area contributed by atoms with Gasteiger partial charge in [-0.25, -0.2) is 9.48 Å². The zero-order valence-corrected chi connectivity index (χ0v) is 14.4. The molecule has 1 aromatic heterocycles. The lowest BCUT2D eigenvalue weighted by Crippen LogP contribution is -2.51. The highest BCUT2D eigenvalue weighted by Crippen LogP contribution is 2.44. The van der Waals surface area contributed by atoms with Crippen LogP contribution < -0.4 is 0 Å². The van der Waals surface area contributed by atoms with Crippen molar-refractivity contribution in [2.24, 2.45) is 0 Å². The summed E-state index contributed by atoms with van der Waals surface area (Å²) in [5, 5.41) is 28.8. The van der Waals surface area contributed by atoms with Crippen molar-refractivity contribution in [1.82, 2.24) is 19.9 Å². The van der Waals surface area contributed by atoms with E-state index in [4.69, 9.17) is 5.11 Å². The Morgan fingerprint density at radius 2 is 2.11 bits per heavy atom. The predicted molar refractivity (Wildman–Crippen MR) is 94.1 cm³/mol. The summed E-state index contributed by atoms with van der Waals surface area (Å²) in [5.74, 6) is -1.49. The van der Waals surface area contributed by atoms with Crippen molar-refractivity contribution in [3.05, 3.63) is 68.5 Å². The Morgan fingerprint density at radius 1 is 1.37 bits per heavy atom. The second-order valence-electron chi connectivity index (χ2n) is 5.84. The molecule has 1 saturated heterocycles. The van der Waals surface area contributed by atoms with E-state index in [0.717, 1.165) is 5.56 Å². The van der Waals surface area contributed by atoms with Crippen molar-refractivity contribution >= 4 is 35.4 Å². The van der Waals surface area contributed by atoms with Gasteiger partial charge < -0.3 is 5.11 Å². The number of fused-ring (bicyclic) bond motifs is 1. The molecule has 0 unspecified atom stereocenters. The van der Waals surface area contributed by atoms with Gasteiger partial charge in [0.1, 0.15) is 16.8 Å². The number of β-lactam (4-membered cyclic amide) rings is 1. The summed E-state index contributed by atoms with van der Waals surface area (Å²) in [4.78, 5) is 34.7. The minimum Gasteiger partial charge on any atom is -0.477 e.